The van der Waals surface area contributed by atoms with Gasteiger partial charge < -0.3 is 14.0 Å². The molecule has 0 aliphatic rings. The summed E-state index contributed by atoms with van der Waals surface area (Å²) in [5, 5.41) is 0. The van der Waals surface area contributed by atoms with Gasteiger partial charge in [0.1, 0.15) is 11.5 Å². The molecule has 0 aliphatic carbocycles. The molecular formula is C16H18FNO3. The summed E-state index contributed by atoms with van der Waals surface area (Å²) in [6.45, 7) is 3.66. The predicted octanol–water partition coefficient (Wildman–Crippen LogP) is 2.83. The minimum absolute atomic E-state index is 0.631. The van der Waals surface area contributed by atoms with E-state index in [-0.39, 0.29) is 0 Å². The zero-order chi connectivity index (χ0) is 15.7. The molecule has 0 unspecified atom stereocenters. The normalized spacial score (nSPS) is 10.6. The second kappa shape index (κ2) is 5.60. The van der Waals surface area contributed by atoms with Gasteiger partial charge in [-0.25, -0.2) is 4.39 Å². The van der Waals surface area contributed by atoms with Gasteiger partial charge in [0.05, 0.1) is 14.2 Å². The van der Waals surface area contributed by atoms with Gasteiger partial charge in [0, 0.05) is 23.9 Å². The van der Waals surface area contributed by atoms with Crippen LogP contribution >= 0.6 is 0 Å². The number of hydrogen-bond acceptors (Lipinski definition) is 3. The quantitative estimate of drug-likeness (QED) is 0.873. The first-order valence-corrected chi connectivity index (χ1v) is 6.49. The number of ether oxygens (including phenoxy) is 2. The first-order valence-electron chi connectivity index (χ1n) is 6.49. The summed E-state index contributed by atoms with van der Waals surface area (Å²) in [7, 11) is 4.69. The molecule has 2 rings (SSSR count). The Labute approximate surface area is 122 Å². The smallest absolute Gasteiger partial charge is 0.286 e. The largest absolute Gasteiger partial charge is 0.496 e. The van der Waals surface area contributed by atoms with Crippen LogP contribution in [0.2, 0.25) is 0 Å². The second-order valence-electron chi connectivity index (χ2n) is 4.86. The average Bonchev–Trinajstić information content (AvgIpc) is 2.49. The number of halogens is 1. The molecule has 0 spiro atoms. The molecule has 4 nitrogen and oxygen atoms in total. The fourth-order valence-corrected chi connectivity index (χ4v) is 2.32. The number of nitrogens with zero attached hydrogens (tertiary/aromatic N) is 1. The third-order valence-electron chi connectivity index (χ3n) is 3.74. The third kappa shape index (κ3) is 2.51. The summed E-state index contributed by atoms with van der Waals surface area (Å²) in [5.41, 5.74) is 2.27. The molecule has 1 aromatic carbocycles. The molecule has 0 amide bonds. The van der Waals surface area contributed by atoms with Gasteiger partial charge in [-0.15, -0.1) is 0 Å². The Morgan fingerprint density at radius 3 is 2.05 bits per heavy atom. The minimum Gasteiger partial charge on any atom is -0.496 e. The Morgan fingerprint density at radius 2 is 1.57 bits per heavy atom. The maximum atomic E-state index is 13.8. The lowest BCUT2D eigenvalue weighted by Crippen LogP contribution is -2.22. The summed E-state index contributed by atoms with van der Waals surface area (Å²) in [4.78, 5) is 11.6. The van der Waals surface area contributed by atoms with Crippen molar-refractivity contribution in [3.63, 3.8) is 0 Å². The summed E-state index contributed by atoms with van der Waals surface area (Å²) in [5.74, 6) is 0.521. The predicted molar refractivity (Wildman–Crippen MR) is 79.7 cm³/mol. The van der Waals surface area contributed by atoms with Gasteiger partial charge in [0.15, 0.2) is 5.82 Å². The SMILES string of the molecule is COc1cc(-c2cc(F)c(=O)n(C)c2C)cc(OC)c1C. The monoisotopic (exact) mass is 291 g/mol. The van der Waals surface area contributed by atoms with Gasteiger partial charge in [0.2, 0.25) is 0 Å². The molecule has 0 fully saturated rings. The lowest BCUT2D eigenvalue weighted by Gasteiger charge is -2.15. The molecule has 112 valence electrons. The molecule has 1 heterocycles. The van der Waals surface area contributed by atoms with E-state index in [0.717, 1.165) is 11.1 Å². The minimum atomic E-state index is -0.781. The number of benzene rings is 1. The van der Waals surface area contributed by atoms with E-state index in [4.69, 9.17) is 9.47 Å². The molecule has 0 aliphatic heterocycles. The highest BCUT2D eigenvalue weighted by Gasteiger charge is 2.15. The molecular weight excluding hydrogens is 273 g/mol. The lowest BCUT2D eigenvalue weighted by molar-refractivity contribution is 0.389. The molecule has 0 atom stereocenters. The van der Waals surface area contributed by atoms with E-state index in [2.05, 4.69) is 0 Å². The molecule has 0 saturated heterocycles. The fraction of sp³-hybridized carbons (Fsp3) is 0.312. The maximum absolute atomic E-state index is 13.8. The standard InChI is InChI=1S/C16H18FNO3/c1-9-14(20-4)6-11(7-15(9)21-5)12-8-13(17)16(19)18(3)10(12)2/h6-8H,1-5H3. The topological polar surface area (TPSA) is 40.5 Å². The number of hydrogen-bond donors (Lipinski definition) is 0. The van der Waals surface area contributed by atoms with Gasteiger partial charge in [0.25, 0.3) is 5.56 Å². The van der Waals surface area contributed by atoms with E-state index in [9.17, 15) is 9.18 Å². The van der Waals surface area contributed by atoms with E-state index in [1.807, 2.05) is 19.1 Å². The molecule has 0 radical (unpaired) electrons. The van der Waals surface area contributed by atoms with E-state index < -0.39 is 11.4 Å². The fourth-order valence-electron chi connectivity index (χ4n) is 2.32. The van der Waals surface area contributed by atoms with Crippen molar-refractivity contribution in [3.05, 3.63) is 45.6 Å². The Kier molecular flexibility index (Phi) is 4.02. The van der Waals surface area contributed by atoms with Crippen LogP contribution < -0.4 is 15.0 Å². The lowest BCUT2D eigenvalue weighted by atomic mass is 10.0. The highest BCUT2D eigenvalue weighted by molar-refractivity contribution is 5.71. The van der Waals surface area contributed by atoms with E-state index in [1.165, 1.54) is 10.6 Å². The van der Waals surface area contributed by atoms with Crippen LogP contribution in [0.15, 0.2) is 23.0 Å². The molecule has 1 aromatic heterocycles. The third-order valence-corrected chi connectivity index (χ3v) is 3.74. The Balaban J connectivity index is 2.76. The van der Waals surface area contributed by atoms with Crippen LogP contribution in [0.4, 0.5) is 4.39 Å². The highest BCUT2D eigenvalue weighted by Crippen LogP contribution is 2.35. The Morgan fingerprint density at radius 1 is 1.05 bits per heavy atom. The number of rotatable bonds is 3. The summed E-state index contributed by atoms with van der Waals surface area (Å²) in [6.07, 6.45) is 0. The molecule has 21 heavy (non-hydrogen) atoms. The van der Waals surface area contributed by atoms with Crippen molar-refractivity contribution in [2.45, 2.75) is 13.8 Å². The molecule has 0 N–H and O–H groups in total. The second-order valence-corrected chi connectivity index (χ2v) is 4.86. The van der Waals surface area contributed by atoms with Crippen molar-refractivity contribution in [3.8, 4) is 22.6 Å². The highest BCUT2D eigenvalue weighted by atomic mass is 19.1. The van der Waals surface area contributed by atoms with Crippen LogP contribution in [0.25, 0.3) is 11.1 Å². The van der Waals surface area contributed by atoms with Gasteiger partial charge >= 0.3 is 0 Å². The van der Waals surface area contributed by atoms with Crippen LogP contribution in [-0.4, -0.2) is 18.8 Å². The maximum Gasteiger partial charge on any atom is 0.286 e. The van der Waals surface area contributed by atoms with Gasteiger partial charge in [-0.05, 0) is 37.6 Å². The first kappa shape index (κ1) is 15.1. The zero-order valence-corrected chi connectivity index (χ0v) is 12.8. The van der Waals surface area contributed by atoms with Crippen molar-refractivity contribution in [1.29, 1.82) is 0 Å². The van der Waals surface area contributed by atoms with Gasteiger partial charge in [-0.3, -0.25) is 4.79 Å². The van der Waals surface area contributed by atoms with Crippen molar-refractivity contribution in [1.82, 2.24) is 4.57 Å². The van der Waals surface area contributed by atoms with E-state index >= 15 is 0 Å². The van der Waals surface area contributed by atoms with Gasteiger partial charge in [-0.2, -0.15) is 0 Å². The Hall–Kier alpha value is -2.30. The first-order chi connectivity index (χ1) is 9.90. The van der Waals surface area contributed by atoms with Gasteiger partial charge in [-0.1, -0.05) is 0 Å². The number of aromatic nitrogens is 1. The zero-order valence-electron chi connectivity index (χ0n) is 12.8. The molecule has 2 aromatic rings. The van der Waals surface area contributed by atoms with Crippen LogP contribution in [0, 0.1) is 19.7 Å². The number of methoxy groups -OCH3 is 2. The summed E-state index contributed by atoms with van der Waals surface area (Å²) in [6, 6.07) is 4.87. The van der Waals surface area contributed by atoms with Crippen LogP contribution in [0.3, 0.4) is 0 Å². The summed E-state index contributed by atoms with van der Waals surface area (Å²) < 4.78 is 25.7. The molecule has 5 heteroatoms. The van der Waals surface area contributed by atoms with Crippen LogP contribution in [0.5, 0.6) is 11.5 Å². The average molecular weight is 291 g/mol. The van der Waals surface area contributed by atoms with Crippen molar-refractivity contribution < 1.29 is 13.9 Å². The van der Waals surface area contributed by atoms with E-state index in [0.29, 0.717) is 22.8 Å². The van der Waals surface area contributed by atoms with Crippen LogP contribution in [0.1, 0.15) is 11.3 Å². The molecule has 0 saturated carbocycles. The van der Waals surface area contributed by atoms with Crippen LogP contribution in [-0.2, 0) is 7.05 Å². The summed E-state index contributed by atoms with van der Waals surface area (Å²) >= 11 is 0. The number of pyridine rings is 1. The van der Waals surface area contributed by atoms with Crippen molar-refractivity contribution >= 4 is 0 Å². The van der Waals surface area contributed by atoms with Crippen molar-refractivity contribution in [2.24, 2.45) is 7.05 Å². The molecule has 0 bridgehead atoms. The van der Waals surface area contributed by atoms with Crippen molar-refractivity contribution in [2.75, 3.05) is 14.2 Å². The Bertz CT molecular complexity index is 725. The van der Waals surface area contributed by atoms with E-state index in [1.54, 1.807) is 28.2 Å².